The van der Waals surface area contributed by atoms with E-state index in [-0.39, 0.29) is 0 Å². The molecule has 5 heteroatoms. The van der Waals surface area contributed by atoms with Crippen molar-refractivity contribution in [3.8, 4) is 0 Å². The molecule has 0 radical (unpaired) electrons. The minimum absolute atomic E-state index is 0.402. The van der Waals surface area contributed by atoms with Gasteiger partial charge in [0.15, 0.2) is 0 Å². The van der Waals surface area contributed by atoms with Gasteiger partial charge in [0.1, 0.15) is 5.82 Å². The third kappa shape index (κ3) is 3.65. The Balaban J connectivity index is 1.93. The maximum absolute atomic E-state index is 4.59. The summed E-state index contributed by atoms with van der Waals surface area (Å²) in [6.07, 6.45) is 8.11. The van der Waals surface area contributed by atoms with Gasteiger partial charge in [0.05, 0.1) is 0 Å². The average Bonchev–Trinajstić information content (AvgIpc) is 2.63. The van der Waals surface area contributed by atoms with Crippen molar-refractivity contribution in [2.45, 2.75) is 50.6 Å². The lowest BCUT2D eigenvalue weighted by atomic mass is 9.84. The van der Waals surface area contributed by atoms with Crippen molar-refractivity contribution >= 4 is 24.4 Å². The molecule has 1 aliphatic carbocycles. The molecule has 0 amide bonds. The number of nitrogens with one attached hydrogen (secondary N) is 1. The normalized spacial score (nSPS) is 20.1. The molecular weight excluding hydrogens is 250 g/mol. The monoisotopic (exact) mass is 271 g/mol. The minimum atomic E-state index is 0.402. The van der Waals surface area contributed by atoms with Crippen LogP contribution in [0.5, 0.6) is 0 Å². The molecule has 1 aromatic heterocycles. The first-order valence-corrected chi connectivity index (χ1v) is 7.99. The quantitative estimate of drug-likeness (QED) is 0.500. The first-order chi connectivity index (χ1) is 8.24. The van der Waals surface area contributed by atoms with Gasteiger partial charge in [0, 0.05) is 5.75 Å². The van der Waals surface area contributed by atoms with Crippen LogP contribution >= 0.6 is 24.4 Å². The maximum Gasteiger partial charge on any atom is 0.208 e. The topological polar surface area (TPSA) is 41.6 Å². The Kier molecular flexibility index (Phi) is 4.79. The Morgan fingerprint density at radius 1 is 1.29 bits per heavy atom. The summed E-state index contributed by atoms with van der Waals surface area (Å²) in [4.78, 5) is 4.36. The van der Waals surface area contributed by atoms with Crippen LogP contribution in [-0.2, 0) is 0 Å². The Morgan fingerprint density at radius 2 is 2.00 bits per heavy atom. The molecule has 0 bridgehead atoms. The summed E-state index contributed by atoms with van der Waals surface area (Å²) in [6.45, 7) is 1.94. The van der Waals surface area contributed by atoms with Crippen LogP contribution in [0.2, 0.25) is 0 Å². The molecule has 0 unspecified atom stereocenters. The number of thioether (sulfide) groups is 1. The zero-order chi connectivity index (χ0) is 12.1. The van der Waals surface area contributed by atoms with Gasteiger partial charge in [-0.3, -0.25) is 5.10 Å². The second-order valence-corrected chi connectivity index (χ2v) is 6.32. The molecule has 1 N–H and O–H groups in total. The average molecular weight is 271 g/mol. The lowest BCUT2D eigenvalue weighted by Gasteiger charge is -2.30. The zero-order valence-corrected chi connectivity index (χ0v) is 12.1. The first-order valence-electron chi connectivity index (χ1n) is 6.37. The molecule has 3 nitrogen and oxygen atoms in total. The highest BCUT2D eigenvalue weighted by Crippen LogP contribution is 2.39. The van der Waals surface area contributed by atoms with Crippen molar-refractivity contribution in [3.63, 3.8) is 0 Å². The number of nitrogens with zero attached hydrogens (tertiary/aromatic N) is 2. The summed E-state index contributed by atoms with van der Waals surface area (Å²) in [5.74, 6) is 2.99. The number of H-pyrrole nitrogens is 1. The van der Waals surface area contributed by atoms with Crippen molar-refractivity contribution in [2.75, 3.05) is 11.5 Å². The molecule has 1 saturated carbocycles. The highest BCUT2D eigenvalue weighted by molar-refractivity contribution is 7.99. The van der Waals surface area contributed by atoms with Crippen LogP contribution in [0.1, 0.15) is 44.3 Å². The van der Waals surface area contributed by atoms with E-state index in [4.69, 9.17) is 0 Å². The van der Waals surface area contributed by atoms with Crippen LogP contribution in [0.25, 0.3) is 0 Å². The number of aromatic amines is 1. The summed E-state index contributed by atoms with van der Waals surface area (Å²) in [5, 5.41) is 7.97. The van der Waals surface area contributed by atoms with Gasteiger partial charge in [-0.05, 0) is 30.9 Å². The van der Waals surface area contributed by atoms with Gasteiger partial charge >= 0.3 is 0 Å². The highest BCUT2D eigenvalue weighted by Gasteiger charge is 2.30. The fourth-order valence-corrected chi connectivity index (χ4v) is 4.15. The van der Waals surface area contributed by atoms with Gasteiger partial charge in [-0.1, -0.05) is 37.4 Å². The van der Waals surface area contributed by atoms with Crippen LogP contribution in [0.15, 0.2) is 5.16 Å². The molecule has 1 fully saturated rings. The van der Waals surface area contributed by atoms with Gasteiger partial charge in [-0.25, -0.2) is 4.98 Å². The molecular formula is C12H21N3S2. The van der Waals surface area contributed by atoms with E-state index in [2.05, 4.69) is 27.8 Å². The SMILES string of the molecule is Cc1nc(SCC2(CS)CCCCCC2)n[nH]1. The molecule has 0 spiro atoms. The first kappa shape index (κ1) is 13.3. The number of rotatable bonds is 4. The van der Waals surface area contributed by atoms with E-state index in [9.17, 15) is 0 Å². The largest absolute Gasteiger partial charge is 0.262 e. The standard InChI is InChI=1S/C12H21N3S2/c1-10-13-11(15-14-10)17-9-12(8-16)6-4-2-3-5-7-12/h16H,2-9H2,1H3,(H,13,14,15). The van der Waals surface area contributed by atoms with Crippen LogP contribution < -0.4 is 0 Å². The minimum Gasteiger partial charge on any atom is -0.262 e. The van der Waals surface area contributed by atoms with E-state index in [0.29, 0.717) is 5.41 Å². The van der Waals surface area contributed by atoms with Crippen LogP contribution in [0, 0.1) is 12.3 Å². The third-order valence-corrected chi connectivity index (χ3v) is 5.45. The summed E-state index contributed by atoms with van der Waals surface area (Å²) in [7, 11) is 0. The molecule has 1 aliphatic rings. The molecule has 0 aromatic carbocycles. The molecule has 0 atom stereocenters. The fourth-order valence-electron chi connectivity index (χ4n) is 2.43. The van der Waals surface area contributed by atoms with Gasteiger partial charge in [0.2, 0.25) is 5.16 Å². The smallest absolute Gasteiger partial charge is 0.208 e. The van der Waals surface area contributed by atoms with E-state index in [1.807, 2.05) is 6.92 Å². The number of thiol groups is 1. The van der Waals surface area contributed by atoms with E-state index in [1.165, 1.54) is 38.5 Å². The predicted molar refractivity (Wildman–Crippen MR) is 75.8 cm³/mol. The molecule has 1 aromatic rings. The summed E-state index contributed by atoms with van der Waals surface area (Å²) in [6, 6.07) is 0. The van der Waals surface area contributed by atoms with Crippen molar-refractivity contribution in [1.29, 1.82) is 0 Å². The zero-order valence-electron chi connectivity index (χ0n) is 10.4. The van der Waals surface area contributed by atoms with Crippen LogP contribution in [0.3, 0.4) is 0 Å². The summed E-state index contributed by atoms with van der Waals surface area (Å²) >= 11 is 6.36. The second kappa shape index (κ2) is 6.14. The van der Waals surface area contributed by atoms with E-state index < -0.39 is 0 Å². The van der Waals surface area contributed by atoms with Gasteiger partial charge < -0.3 is 0 Å². The Morgan fingerprint density at radius 3 is 2.53 bits per heavy atom. The van der Waals surface area contributed by atoms with E-state index in [0.717, 1.165) is 22.5 Å². The summed E-state index contributed by atoms with van der Waals surface area (Å²) in [5.41, 5.74) is 0.402. The van der Waals surface area contributed by atoms with E-state index in [1.54, 1.807) is 11.8 Å². The fraction of sp³-hybridized carbons (Fsp3) is 0.833. The second-order valence-electron chi connectivity index (χ2n) is 5.06. The highest BCUT2D eigenvalue weighted by atomic mass is 32.2. The van der Waals surface area contributed by atoms with Crippen molar-refractivity contribution in [2.24, 2.45) is 5.41 Å². The molecule has 1 heterocycles. The van der Waals surface area contributed by atoms with E-state index >= 15 is 0 Å². The third-order valence-electron chi connectivity index (χ3n) is 3.58. The van der Waals surface area contributed by atoms with Gasteiger partial charge in [-0.2, -0.15) is 12.6 Å². The number of aromatic nitrogens is 3. The van der Waals surface area contributed by atoms with Gasteiger partial charge in [0.25, 0.3) is 0 Å². The molecule has 96 valence electrons. The summed E-state index contributed by atoms with van der Waals surface area (Å²) < 4.78 is 0. The van der Waals surface area contributed by atoms with Crippen LogP contribution in [-0.4, -0.2) is 26.7 Å². The lowest BCUT2D eigenvalue weighted by Crippen LogP contribution is -2.25. The Hall–Kier alpha value is -0.160. The van der Waals surface area contributed by atoms with Crippen molar-refractivity contribution in [1.82, 2.24) is 15.2 Å². The van der Waals surface area contributed by atoms with Gasteiger partial charge in [-0.15, -0.1) is 5.10 Å². The number of hydrogen-bond donors (Lipinski definition) is 2. The predicted octanol–water partition coefficient (Wildman–Crippen LogP) is 3.48. The number of aryl methyl sites for hydroxylation is 1. The van der Waals surface area contributed by atoms with Crippen molar-refractivity contribution < 1.29 is 0 Å². The van der Waals surface area contributed by atoms with Crippen LogP contribution in [0.4, 0.5) is 0 Å². The maximum atomic E-state index is 4.59. The molecule has 0 aliphatic heterocycles. The number of hydrogen-bond acceptors (Lipinski definition) is 4. The Labute approximate surface area is 113 Å². The lowest BCUT2D eigenvalue weighted by molar-refractivity contribution is 0.332. The molecule has 2 rings (SSSR count). The van der Waals surface area contributed by atoms with Crippen molar-refractivity contribution in [3.05, 3.63) is 5.82 Å². The Bertz CT molecular complexity index is 343. The molecule has 17 heavy (non-hydrogen) atoms. The molecule has 0 saturated heterocycles.